The average Bonchev–Trinajstić information content (AvgIpc) is 2.50. The van der Waals surface area contributed by atoms with Gasteiger partial charge in [0.15, 0.2) is 0 Å². The number of phenolic OH excluding ortho intramolecular Hbond substituents is 1. The van der Waals surface area contributed by atoms with E-state index in [4.69, 9.17) is 4.74 Å². The Hall–Kier alpha value is -0.755. The van der Waals surface area contributed by atoms with Gasteiger partial charge in [-0.05, 0) is 0 Å². The van der Waals surface area contributed by atoms with Gasteiger partial charge in [0.2, 0.25) is 0 Å². The van der Waals surface area contributed by atoms with Gasteiger partial charge in [-0.1, -0.05) is 0 Å². The molecule has 0 fully saturated rings. The molecule has 1 aromatic carbocycles. The summed E-state index contributed by atoms with van der Waals surface area (Å²) in [4.78, 5) is 23.8. The standard InChI is InChI=1S/C14H17BI2N2O5/c1-2-24-13(21)5-11(19-12(20)6-18-7-15-23)9-3-8(16)4-10(17)14(9)22/h3-4,11,18,22H,2,5-7H2,1H3,(H,19,20). The van der Waals surface area contributed by atoms with Crippen LogP contribution in [0, 0.1) is 7.14 Å². The fourth-order valence-electron chi connectivity index (χ4n) is 1.97. The van der Waals surface area contributed by atoms with Crippen molar-refractivity contribution in [1.29, 1.82) is 0 Å². The number of phenols is 1. The van der Waals surface area contributed by atoms with Gasteiger partial charge in [-0.3, -0.25) is 0 Å². The van der Waals surface area contributed by atoms with E-state index in [0.29, 0.717) is 16.3 Å². The van der Waals surface area contributed by atoms with Gasteiger partial charge in [0.05, 0.1) is 0 Å². The number of halogens is 2. The van der Waals surface area contributed by atoms with Gasteiger partial charge in [-0.25, -0.2) is 0 Å². The first-order valence-electron chi connectivity index (χ1n) is 7.16. The van der Waals surface area contributed by atoms with Crippen LogP contribution in [0.25, 0.3) is 0 Å². The Morgan fingerprint density at radius 3 is 2.71 bits per heavy atom. The molecule has 0 bridgehead atoms. The molecule has 1 aromatic rings. The van der Waals surface area contributed by atoms with Crippen LogP contribution in [0.2, 0.25) is 0 Å². The van der Waals surface area contributed by atoms with E-state index in [0.717, 1.165) is 3.57 Å². The summed E-state index contributed by atoms with van der Waals surface area (Å²) in [5.41, 5.74) is 0.447. The van der Waals surface area contributed by atoms with Crippen molar-refractivity contribution in [1.82, 2.24) is 10.6 Å². The van der Waals surface area contributed by atoms with E-state index in [1.54, 1.807) is 19.1 Å². The summed E-state index contributed by atoms with van der Waals surface area (Å²) in [6.45, 7) is 1.86. The number of amides is 1. The van der Waals surface area contributed by atoms with Crippen molar-refractivity contribution in [2.24, 2.45) is 0 Å². The molecule has 1 unspecified atom stereocenters. The zero-order chi connectivity index (χ0) is 18.1. The monoisotopic (exact) mass is 558 g/mol. The zero-order valence-corrected chi connectivity index (χ0v) is 17.3. The number of ether oxygens (including phenoxy) is 1. The molecular formula is C14H17BI2N2O5. The topological polar surface area (TPSA) is 105 Å². The third kappa shape index (κ3) is 7.01. The first kappa shape index (κ1) is 21.3. The fourth-order valence-corrected chi connectivity index (χ4v) is 3.86. The second kappa shape index (κ2) is 11.0. The molecule has 0 aliphatic rings. The molecule has 0 saturated heterocycles. The van der Waals surface area contributed by atoms with E-state index in [1.807, 2.05) is 22.6 Å². The third-order valence-corrected chi connectivity index (χ3v) is 4.40. The first-order chi connectivity index (χ1) is 11.4. The van der Waals surface area contributed by atoms with Gasteiger partial charge in [0.25, 0.3) is 0 Å². The average molecular weight is 558 g/mol. The van der Waals surface area contributed by atoms with Crippen LogP contribution in [0.3, 0.4) is 0 Å². The van der Waals surface area contributed by atoms with Gasteiger partial charge in [0.1, 0.15) is 0 Å². The van der Waals surface area contributed by atoms with Crippen LogP contribution in [0.15, 0.2) is 12.1 Å². The van der Waals surface area contributed by atoms with Gasteiger partial charge in [-0.15, -0.1) is 0 Å². The number of benzene rings is 1. The molecule has 130 valence electrons. The molecule has 3 N–H and O–H groups in total. The second-order valence-corrected chi connectivity index (χ2v) is 7.16. The third-order valence-electron chi connectivity index (χ3n) is 2.96. The van der Waals surface area contributed by atoms with Crippen molar-refractivity contribution < 1.29 is 24.1 Å². The second-order valence-electron chi connectivity index (χ2n) is 4.75. The van der Waals surface area contributed by atoms with Gasteiger partial charge in [0, 0.05) is 0 Å². The van der Waals surface area contributed by atoms with Crippen LogP contribution in [0.4, 0.5) is 0 Å². The maximum absolute atomic E-state index is 12.0. The number of aromatic hydroxyl groups is 1. The molecular weight excluding hydrogens is 541 g/mol. The predicted molar refractivity (Wildman–Crippen MR) is 105 cm³/mol. The van der Waals surface area contributed by atoms with Gasteiger partial charge >= 0.3 is 169 Å². The molecule has 24 heavy (non-hydrogen) atoms. The quantitative estimate of drug-likeness (QED) is 0.183. The Morgan fingerprint density at radius 1 is 1.38 bits per heavy atom. The first-order valence-corrected chi connectivity index (χ1v) is 9.32. The van der Waals surface area contributed by atoms with E-state index in [2.05, 4.69) is 33.2 Å². The van der Waals surface area contributed by atoms with Crippen molar-refractivity contribution in [3.05, 3.63) is 24.8 Å². The van der Waals surface area contributed by atoms with Crippen molar-refractivity contribution in [3.8, 4) is 5.75 Å². The normalized spacial score (nSPS) is 11.5. The Morgan fingerprint density at radius 2 is 2.08 bits per heavy atom. The summed E-state index contributed by atoms with van der Waals surface area (Å²) in [6, 6.07) is 2.77. The van der Waals surface area contributed by atoms with E-state index < -0.39 is 12.0 Å². The number of nitrogens with one attached hydrogen (secondary N) is 2. The van der Waals surface area contributed by atoms with Crippen LogP contribution < -0.4 is 10.6 Å². The van der Waals surface area contributed by atoms with Crippen molar-refractivity contribution >= 4 is 64.2 Å². The molecule has 0 saturated carbocycles. The van der Waals surface area contributed by atoms with E-state index in [-0.39, 0.29) is 37.7 Å². The molecule has 0 aliphatic carbocycles. The molecule has 1 atom stereocenters. The number of hydrogen-bond acceptors (Lipinski definition) is 6. The summed E-state index contributed by atoms with van der Waals surface area (Å²) < 4.78 is 16.7. The summed E-state index contributed by atoms with van der Waals surface area (Å²) in [5, 5.41) is 15.6. The summed E-state index contributed by atoms with van der Waals surface area (Å²) in [6.07, 6.45) is -0.0423. The SMILES string of the molecule is CCOC(=O)CC(NC(=O)CNCB=O)c1cc(I)cc(I)c1O. The van der Waals surface area contributed by atoms with E-state index >= 15 is 0 Å². The van der Waals surface area contributed by atoms with Crippen LogP contribution in [-0.2, 0) is 19.0 Å². The van der Waals surface area contributed by atoms with Crippen LogP contribution in [0.1, 0.15) is 24.9 Å². The molecule has 10 heteroatoms. The number of rotatable bonds is 9. The molecule has 1 rings (SSSR count). The minimum absolute atomic E-state index is 0.0199. The van der Waals surface area contributed by atoms with E-state index in [1.165, 1.54) is 0 Å². The van der Waals surface area contributed by atoms with Crippen LogP contribution in [-0.4, -0.2) is 43.7 Å². The molecule has 0 heterocycles. The molecule has 0 spiro atoms. The molecule has 0 radical (unpaired) electrons. The summed E-state index contributed by atoms with van der Waals surface area (Å²) in [5.74, 6) is -0.845. The minimum atomic E-state index is -0.724. The summed E-state index contributed by atoms with van der Waals surface area (Å²) >= 11 is 4.08. The Balaban J connectivity index is 2.99. The van der Waals surface area contributed by atoms with E-state index in [9.17, 15) is 19.4 Å². The molecule has 0 aromatic heterocycles. The van der Waals surface area contributed by atoms with Gasteiger partial charge in [-0.2, -0.15) is 0 Å². The zero-order valence-electron chi connectivity index (χ0n) is 13.0. The number of carbonyl (C=O) groups is 2. The fraction of sp³-hybridized carbons (Fsp3) is 0.429. The maximum atomic E-state index is 12.0. The molecule has 0 aliphatic heterocycles. The van der Waals surface area contributed by atoms with Gasteiger partial charge < -0.3 is 0 Å². The van der Waals surface area contributed by atoms with Crippen LogP contribution in [0.5, 0.6) is 5.75 Å². The van der Waals surface area contributed by atoms with Crippen molar-refractivity contribution in [3.63, 3.8) is 0 Å². The molecule has 7 nitrogen and oxygen atoms in total. The number of carbonyl (C=O) groups excluding carboxylic acids is 2. The van der Waals surface area contributed by atoms with Crippen molar-refractivity contribution in [2.45, 2.75) is 19.4 Å². The van der Waals surface area contributed by atoms with Crippen molar-refractivity contribution in [2.75, 3.05) is 19.6 Å². The summed E-state index contributed by atoms with van der Waals surface area (Å²) in [7, 11) is 0.650. The number of esters is 1. The number of hydrogen-bond donors (Lipinski definition) is 3. The van der Waals surface area contributed by atoms with Crippen LogP contribution >= 0.6 is 45.2 Å². The Bertz CT molecular complexity index is 615. The molecule has 1 amide bonds. The Kier molecular flexibility index (Phi) is 9.74. The predicted octanol–water partition coefficient (Wildman–Crippen LogP) is 1.31. The Labute approximate surface area is 167 Å².